The van der Waals surface area contributed by atoms with Gasteiger partial charge < -0.3 is 15.6 Å². The summed E-state index contributed by atoms with van der Waals surface area (Å²) in [4.78, 5) is 16.7. The zero-order valence-electron chi connectivity index (χ0n) is 15.5. The van der Waals surface area contributed by atoms with Crippen LogP contribution in [0.5, 0.6) is 0 Å². The molecular weight excluding hydrogens is 338 g/mol. The summed E-state index contributed by atoms with van der Waals surface area (Å²) in [6, 6.07) is 13.2. The van der Waals surface area contributed by atoms with Crippen LogP contribution in [0.4, 0.5) is 0 Å². The van der Waals surface area contributed by atoms with Crippen LogP contribution in [0.25, 0.3) is 0 Å². The number of nitrogens with one attached hydrogen (secondary N) is 2. The molecule has 27 heavy (non-hydrogen) atoms. The average molecular weight is 361 g/mol. The van der Waals surface area contributed by atoms with Crippen LogP contribution in [0.3, 0.4) is 0 Å². The summed E-state index contributed by atoms with van der Waals surface area (Å²) in [5.41, 5.74) is 10.9. The van der Waals surface area contributed by atoms with E-state index < -0.39 is 0 Å². The molecule has 3 rings (SSSR count). The van der Waals surface area contributed by atoms with Crippen LogP contribution in [0.1, 0.15) is 38.4 Å². The van der Waals surface area contributed by atoms with Crippen molar-refractivity contribution in [3.63, 3.8) is 0 Å². The number of amidine groups is 1. The normalized spacial score (nSPS) is 10.6. The van der Waals surface area contributed by atoms with E-state index in [1.54, 1.807) is 24.5 Å². The molecule has 6 nitrogen and oxygen atoms in total. The van der Waals surface area contributed by atoms with Crippen LogP contribution in [0, 0.1) is 19.3 Å². The summed E-state index contributed by atoms with van der Waals surface area (Å²) in [5, 5.41) is 10.4. The van der Waals surface area contributed by atoms with E-state index in [1.807, 2.05) is 44.2 Å². The molecule has 3 aromatic rings. The Morgan fingerprint density at radius 1 is 1.11 bits per heavy atom. The van der Waals surface area contributed by atoms with Crippen molar-refractivity contribution in [3.05, 3.63) is 88.5 Å². The Morgan fingerprint density at radius 3 is 2.41 bits per heavy atom. The molecule has 0 fully saturated rings. The number of amides is 1. The summed E-state index contributed by atoms with van der Waals surface area (Å²) in [7, 11) is 0. The smallest absolute Gasteiger partial charge is 0.253 e. The topological polar surface area (TPSA) is 96.8 Å². The highest BCUT2D eigenvalue weighted by Crippen LogP contribution is 2.17. The molecule has 4 N–H and O–H groups in total. The number of nitrogens with two attached hydrogens (primary N) is 1. The molecule has 0 unspecified atom stereocenters. The highest BCUT2D eigenvalue weighted by Gasteiger charge is 2.15. The lowest BCUT2D eigenvalue weighted by Crippen LogP contribution is -2.23. The number of benzene rings is 1. The van der Waals surface area contributed by atoms with Crippen LogP contribution in [0.15, 0.2) is 54.9 Å². The fourth-order valence-electron chi connectivity index (χ4n) is 3.02. The summed E-state index contributed by atoms with van der Waals surface area (Å²) < 4.78 is 2.13. The molecule has 0 atom stereocenters. The number of aromatic nitrogens is 2. The standard InChI is InChI=1S/C21H23N5O/c1-14-11-19(15(2)26(14)13-17-7-9-24-10-8-17)21(27)25-12-16-3-5-18(6-4-16)20(22)23/h3-11H,12-13H2,1-2H3,(H3,22,23)(H,25,27). The van der Waals surface area contributed by atoms with Crippen molar-refractivity contribution in [2.45, 2.75) is 26.9 Å². The van der Waals surface area contributed by atoms with Gasteiger partial charge in [0.25, 0.3) is 5.91 Å². The summed E-state index contributed by atoms with van der Waals surface area (Å²) in [5.74, 6) is -0.0630. The molecule has 138 valence electrons. The predicted molar refractivity (Wildman–Crippen MR) is 106 cm³/mol. The van der Waals surface area contributed by atoms with Crippen molar-refractivity contribution >= 4 is 11.7 Å². The van der Waals surface area contributed by atoms with E-state index in [0.29, 0.717) is 24.2 Å². The third kappa shape index (κ3) is 4.23. The minimum atomic E-state index is -0.0975. The second kappa shape index (κ2) is 7.86. The van der Waals surface area contributed by atoms with Crippen molar-refractivity contribution in [1.29, 1.82) is 5.41 Å². The maximum atomic E-state index is 12.6. The summed E-state index contributed by atoms with van der Waals surface area (Å²) in [6.45, 7) is 5.10. The molecule has 1 amide bonds. The zero-order valence-corrected chi connectivity index (χ0v) is 15.5. The Morgan fingerprint density at radius 2 is 1.78 bits per heavy atom. The van der Waals surface area contributed by atoms with Gasteiger partial charge in [0, 0.05) is 42.4 Å². The number of carbonyl (C=O) groups is 1. The second-order valence-corrected chi connectivity index (χ2v) is 6.52. The number of rotatable bonds is 6. The van der Waals surface area contributed by atoms with Crippen LogP contribution in [-0.2, 0) is 13.1 Å². The number of hydrogen-bond donors (Lipinski definition) is 3. The lowest BCUT2D eigenvalue weighted by Gasteiger charge is -2.10. The quantitative estimate of drug-likeness (QED) is 0.465. The lowest BCUT2D eigenvalue weighted by atomic mass is 10.1. The number of aryl methyl sites for hydroxylation is 1. The maximum Gasteiger partial charge on any atom is 0.253 e. The molecule has 1 aromatic carbocycles. The van der Waals surface area contributed by atoms with E-state index in [0.717, 1.165) is 22.5 Å². The highest BCUT2D eigenvalue weighted by atomic mass is 16.1. The summed E-state index contributed by atoms with van der Waals surface area (Å²) in [6.07, 6.45) is 3.54. The molecule has 2 heterocycles. The molecule has 0 radical (unpaired) electrons. The number of hydrogen-bond acceptors (Lipinski definition) is 3. The Balaban J connectivity index is 1.70. The largest absolute Gasteiger partial charge is 0.384 e. The van der Waals surface area contributed by atoms with Gasteiger partial charge >= 0.3 is 0 Å². The van der Waals surface area contributed by atoms with E-state index in [2.05, 4.69) is 14.9 Å². The van der Waals surface area contributed by atoms with Gasteiger partial charge in [-0.2, -0.15) is 0 Å². The van der Waals surface area contributed by atoms with E-state index in [9.17, 15) is 4.79 Å². The second-order valence-electron chi connectivity index (χ2n) is 6.52. The SMILES string of the molecule is Cc1cc(C(=O)NCc2ccc(C(=N)N)cc2)c(C)n1Cc1ccncc1. The number of nitrogen functional groups attached to an aromatic ring is 1. The molecule has 6 heteroatoms. The molecular formula is C21H23N5O. The molecule has 0 aliphatic carbocycles. The van der Waals surface area contributed by atoms with Gasteiger partial charge in [-0.25, -0.2) is 0 Å². The minimum Gasteiger partial charge on any atom is -0.384 e. The minimum absolute atomic E-state index is 0.0345. The Kier molecular flexibility index (Phi) is 5.35. The average Bonchev–Trinajstić information content (AvgIpc) is 2.95. The van der Waals surface area contributed by atoms with Crippen molar-refractivity contribution < 1.29 is 4.79 Å². The van der Waals surface area contributed by atoms with Gasteiger partial charge in [0.05, 0.1) is 5.56 Å². The molecule has 0 bridgehead atoms. The number of nitrogens with zero attached hydrogens (tertiary/aromatic N) is 2. The van der Waals surface area contributed by atoms with Gasteiger partial charge in [0.1, 0.15) is 5.84 Å². The van der Waals surface area contributed by atoms with E-state index in [1.165, 1.54) is 0 Å². The third-order valence-corrected chi connectivity index (χ3v) is 4.63. The third-order valence-electron chi connectivity index (χ3n) is 4.63. The number of pyridine rings is 1. The maximum absolute atomic E-state index is 12.6. The lowest BCUT2D eigenvalue weighted by molar-refractivity contribution is 0.0950. The van der Waals surface area contributed by atoms with Crippen LogP contribution >= 0.6 is 0 Å². The Labute approximate surface area is 158 Å². The van der Waals surface area contributed by atoms with E-state index >= 15 is 0 Å². The van der Waals surface area contributed by atoms with Crippen molar-refractivity contribution in [1.82, 2.24) is 14.9 Å². The molecule has 0 saturated carbocycles. The monoisotopic (exact) mass is 361 g/mol. The molecule has 0 aliphatic heterocycles. The van der Waals surface area contributed by atoms with Gasteiger partial charge in [-0.05, 0) is 43.2 Å². The van der Waals surface area contributed by atoms with Gasteiger partial charge in [-0.3, -0.25) is 15.2 Å². The molecule has 2 aromatic heterocycles. The Hall–Kier alpha value is -3.41. The fourth-order valence-corrected chi connectivity index (χ4v) is 3.02. The van der Waals surface area contributed by atoms with Gasteiger partial charge in [0.2, 0.25) is 0 Å². The van der Waals surface area contributed by atoms with Crippen LogP contribution in [-0.4, -0.2) is 21.3 Å². The first-order valence-electron chi connectivity index (χ1n) is 8.73. The van der Waals surface area contributed by atoms with Crippen LogP contribution < -0.4 is 11.1 Å². The Bertz CT molecular complexity index is 958. The summed E-state index contributed by atoms with van der Waals surface area (Å²) >= 11 is 0. The first-order chi connectivity index (χ1) is 13.0. The van der Waals surface area contributed by atoms with Crippen molar-refractivity contribution in [2.24, 2.45) is 5.73 Å². The molecule has 0 spiro atoms. The molecule has 0 saturated heterocycles. The number of carbonyl (C=O) groups excluding carboxylic acids is 1. The zero-order chi connectivity index (χ0) is 19.4. The van der Waals surface area contributed by atoms with Gasteiger partial charge in [-0.1, -0.05) is 24.3 Å². The fraction of sp³-hybridized carbons (Fsp3) is 0.190. The van der Waals surface area contributed by atoms with E-state index in [-0.39, 0.29) is 11.7 Å². The van der Waals surface area contributed by atoms with Crippen molar-refractivity contribution in [3.8, 4) is 0 Å². The first kappa shape index (κ1) is 18.4. The molecule has 0 aliphatic rings. The van der Waals surface area contributed by atoms with Gasteiger partial charge in [-0.15, -0.1) is 0 Å². The predicted octanol–water partition coefficient (Wildman–Crippen LogP) is 2.76. The van der Waals surface area contributed by atoms with Crippen LogP contribution in [0.2, 0.25) is 0 Å². The first-order valence-corrected chi connectivity index (χ1v) is 8.73. The van der Waals surface area contributed by atoms with E-state index in [4.69, 9.17) is 11.1 Å². The van der Waals surface area contributed by atoms with Crippen molar-refractivity contribution in [2.75, 3.05) is 0 Å². The van der Waals surface area contributed by atoms with Gasteiger partial charge in [0.15, 0.2) is 0 Å². The highest BCUT2D eigenvalue weighted by molar-refractivity contribution is 5.96.